The molecule has 1 aromatic heterocycles. The third-order valence-corrected chi connectivity index (χ3v) is 18.6. The van der Waals surface area contributed by atoms with Gasteiger partial charge in [-0.15, -0.1) is 0 Å². The topological polar surface area (TPSA) is 41.9 Å². The summed E-state index contributed by atoms with van der Waals surface area (Å²) in [5.74, 6) is 0.958. The summed E-state index contributed by atoms with van der Waals surface area (Å²) >= 11 is 0. The highest BCUT2D eigenvalue weighted by Crippen LogP contribution is 2.37. The number of aromatic nitrogens is 3. The Kier molecular flexibility index (Phi) is 6.99. The first-order valence-electron chi connectivity index (χ1n) is 8.51. The molecule has 0 spiro atoms. The van der Waals surface area contributed by atoms with Gasteiger partial charge in [-0.05, 0) is 36.3 Å². The van der Waals surface area contributed by atoms with E-state index in [9.17, 15) is 0 Å². The average molecular weight is 325 g/mol. The quantitative estimate of drug-likeness (QED) is 0.618. The van der Waals surface area contributed by atoms with Crippen LogP contribution in [0.4, 0.5) is 5.95 Å². The molecule has 0 aromatic carbocycles. The van der Waals surface area contributed by atoms with Crippen molar-refractivity contribution in [2.45, 2.75) is 77.8 Å². The van der Waals surface area contributed by atoms with Gasteiger partial charge < -0.3 is 4.23 Å². The van der Waals surface area contributed by atoms with Gasteiger partial charge in [0.25, 0.3) is 0 Å². The third kappa shape index (κ3) is 3.36. The maximum Gasteiger partial charge on any atom is 0.211 e. The Morgan fingerprint density at radius 2 is 1.05 bits per heavy atom. The van der Waals surface area contributed by atoms with Crippen LogP contribution in [0.2, 0.25) is 36.3 Å². The van der Waals surface area contributed by atoms with Gasteiger partial charge in [0.1, 0.15) is 29.1 Å². The predicted octanol–water partition coefficient (Wildman–Crippen LogP) is 4.69. The fourth-order valence-corrected chi connectivity index (χ4v) is 16.6. The Balaban J connectivity index is 3.49. The molecule has 0 saturated carbocycles. The van der Waals surface area contributed by atoms with Crippen molar-refractivity contribution >= 4 is 22.4 Å². The summed E-state index contributed by atoms with van der Waals surface area (Å²) in [6.07, 6.45) is 3.32. The second-order valence-corrected chi connectivity index (χ2v) is 16.3. The molecule has 1 aromatic rings. The first-order valence-corrected chi connectivity index (χ1v) is 13.7. The molecular weight excluding hydrogens is 292 g/mol. The molecule has 1 rings (SSSR count). The summed E-state index contributed by atoms with van der Waals surface area (Å²) in [5, 5.41) is 0. The van der Waals surface area contributed by atoms with Crippen LogP contribution in [0.3, 0.4) is 0 Å². The van der Waals surface area contributed by atoms with E-state index in [-0.39, 0.29) is 0 Å². The molecule has 0 amide bonds. The van der Waals surface area contributed by atoms with Crippen molar-refractivity contribution in [1.29, 1.82) is 0 Å². The van der Waals surface area contributed by atoms with Crippen molar-refractivity contribution in [3.63, 3.8) is 0 Å². The van der Waals surface area contributed by atoms with Crippen molar-refractivity contribution in [3.05, 3.63) is 12.7 Å². The van der Waals surface area contributed by atoms with Crippen LogP contribution in [0.25, 0.3) is 0 Å². The minimum atomic E-state index is -1.54. The average Bonchev–Trinajstić information content (AvgIpc) is 2.57. The molecule has 0 atom stereocenters. The van der Waals surface area contributed by atoms with Crippen molar-refractivity contribution in [3.8, 4) is 0 Å². The number of nitrogens with zero attached hydrogens (tertiary/aromatic N) is 4. The highest BCUT2D eigenvalue weighted by Gasteiger charge is 2.47. The van der Waals surface area contributed by atoms with Crippen LogP contribution in [-0.4, -0.2) is 31.4 Å². The normalized spacial score (nSPS) is 12.5. The first-order chi connectivity index (χ1) is 10.1. The zero-order chi connectivity index (χ0) is 15.9. The summed E-state index contributed by atoms with van der Waals surface area (Å²) in [6, 6.07) is 7.67. The van der Waals surface area contributed by atoms with Gasteiger partial charge in [0.15, 0.2) is 0 Å². The minimum absolute atomic E-state index is 0.958. The molecular formula is C15H32N4Si2. The van der Waals surface area contributed by atoms with Gasteiger partial charge in [-0.3, -0.25) is 0 Å². The van der Waals surface area contributed by atoms with Gasteiger partial charge in [-0.1, -0.05) is 41.5 Å². The molecule has 0 bridgehead atoms. The second-order valence-electron chi connectivity index (χ2n) is 5.84. The molecule has 0 N–H and O–H groups in total. The van der Waals surface area contributed by atoms with Crippen molar-refractivity contribution in [1.82, 2.24) is 15.0 Å². The number of anilines is 1. The molecule has 21 heavy (non-hydrogen) atoms. The summed E-state index contributed by atoms with van der Waals surface area (Å²) in [5.41, 5.74) is 0. The van der Waals surface area contributed by atoms with Gasteiger partial charge in [-0.2, -0.15) is 0 Å². The van der Waals surface area contributed by atoms with Crippen molar-refractivity contribution in [2.24, 2.45) is 0 Å². The van der Waals surface area contributed by atoms with Crippen LogP contribution in [0.5, 0.6) is 0 Å². The number of hydrogen-bond donors (Lipinski definition) is 0. The Morgan fingerprint density at radius 1 is 0.714 bits per heavy atom. The molecule has 6 heteroatoms. The summed E-state index contributed by atoms with van der Waals surface area (Å²) in [7, 11) is -3.09. The summed E-state index contributed by atoms with van der Waals surface area (Å²) in [4.78, 5) is 13.2. The largest absolute Gasteiger partial charge is 0.393 e. The van der Waals surface area contributed by atoms with Crippen LogP contribution < -0.4 is 4.23 Å². The fourth-order valence-electron chi connectivity index (χ4n) is 3.72. The Bertz CT molecular complexity index is 369. The fraction of sp³-hybridized carbons (Fsp3) is 0.800. The zero-order valence-corrected chi connectivity index (χ0v) is 16.7. The minimum Gasteiger partial charge on any atom is -0.393 e. The molecule has 1 heterocycles. The van der Waals surface area contributed by atoms with Gasteiger partial charge in [0, 0.05) is 0 Å². The maximum absolute atomic E-state index is 4.57. The van der Waals surface area contributed by atoms with Crippen LogP contribution in [-0.2, 0) is 0 Å². The van der Waals surface area contributed by atoms with Gasteiger partial charge in [0.05, 0.1) is 0 Å². The van der Waals surface area contributed by atoms with Crippen molar-refractivity contribution < 1.29 is 0 Å². The van der Waals surface area contributed by atoms with Gasteiger partial charge in [-0.25, -0.2) is 15.0 Å². The van der Waals surface area contributed by atoms with Crippen molar-refractivity contribution in [2.75, 3.05) is 4.23 Å². The van der Waals surface area contributed by atoms with E-state index >= 15 is 0 Å². The van der Waals surface area contributed by atoms with Crippen LogP contribution in [0.1, 0.15) is 41.5 Å². The van der Waals surface area contributed by atoms with Gasteiger partial charge >= 0.3 is 0 Å². The molecule has 0 saturated heterocycles. The van der Waals surface area contributed by atoms with Gasteiger partial charge in [0.2, 0.25) is 5.95 Å². The van der Waals surface area contributed by atoms with E-state index in [0.29, 0.717) is 0 Å². The maximum atomic E-state index is 4.57. The Hall–Kier alpha value is -0.756. The molecule has 0 fully saturated rings. The van der Waals surface area contributed by atoms with Crippen LogP contribution in [0, 0.1) is 0 Å². The molecule has 0 aliphatic carbocycles. The molecule has 4 nitrogen and oxygen atoms in total. The van der Waals surface area contributed by atoms with E-state index in [1.54, 1.807) is 12.7 Å². The Labute approximate surface area is 132 Å². The first kappa shape index (κ1) is 18.3. The highest BCUT2D eigenvalue weighted by molar-refractivity contribution is 7.02. The lowest BCUT2D eigenvalue weighted by atomic mass is 10.9. The third-order valence-electron chi connectivity index (χ3n) is 5.58. The Morgan fingerprint density at radius 3 is 1.33 bits per heavy atom. The monoisotopic (exact) mass is 324 g/mol. The molecule has 0 unspecified atom stereocenters. The number of rotatable bonds is 9. The van der Waals surface area contributed by atoms with Crippen LogP contribution >= 0.6 is 0 Å². The number of hydrogen-bond acceptors (Lipinski definition) is 4. The highest BCUT2D eigenvalue weighted by atomic mass is 28.4. The second kappa shape index (κ2) is 8.03. The molecule has 0 aliphatic rings. The summed E-state index contributed by atoms with van der Waals surface area (Å²) in [6.45, 7) is 14.2. The SMILES string of the molecule is CC[Si](CC)(CC)N(c1ncncn1)[Si](CC)(CC)CC. The van der Waals surface area contributed by atoms with E-state index < -0.39 is 16.5 Å². The molecule has 0 radical (unpaired) electrons. The lowest BCUT2D eigenvalue weighted by Gasteiger charge is -2.52. The lowest BCUT2D eigenvalue weighted by molar-refractivity contribution is 0.976. The summed E-state index contributed by atoms with van der Waals surface area (Å²) < 4.78 is 2.81. The predicted molar refractivity (Wildman–Crippen MR) is 96.7 cm³/mol. The van der Waals surface area contributed by atoms with E-state index in [2.05, 4.69) is 60.7 Å². The zero-order valence-electron chi connectivity index (χ0n) is 14.7. The van der Waals surface area contributed by atoms with Crippen LogP contribution in [0.15, 0.2) is 12.7 Å². The smallest absolute Gasteiger partial charge is 0.211 e. The van der Waals surface area contributed by atoms with E-state index in [1.165, 1.54) is 36.3 Å². The molecule has 120 valence electrons. The van der Waals surface area contributed by atoms with E-state index in [1.807, 2.05) is 0 Å². The van der Waals surface area contributed by atoms with E-state index in [4.69, 9.17) is 0 Å². The lowest BCUT2D eigenvalue weighted by Crippen LogP contribution is -2.67. The molecule has 0 aliphatic heterocycles. The standard InChI is InChI=1S/C15H32N4Si2/c1-7-20(8-2,9-3)19(15-17-13-16-14-18-15)21(10-4,11-5)12-6/h13-14H,7-12H2,1-6H3. The van der Waals surface area contributed by atoms with E-state index in [0.717, 1.165) is 5.95 Å².